The highest BCUT2D eigenvalue weighted by Gasteiger charge is 2.13. The van der Waals surface area contributed by atoms with Gasteiger partial charge in [0.2, 0.25) is 0 Å². The van der Waals surface area contributed by atoms with E-state index in [0.717, 1.165) is 21.8 Å². The monoisotopic (exact) mass is 250 g/mol. The van der Waals surface area contributed by atoms with E-state index in [-0.39, 0.29) is 11.7 Å². The molecule has 0 fully saturated rings. The second-order valence-electron chi connectivity index (χ2n) is 4.93. The van der Waals surface area contributed by atoms with E-state index in [1.165, 1.54) is 0 Å². The maximum atomic E-state index is 12.0. The van der Waals surface area contributed by atoms with Crippen LogP contribution in [-0.2, 0) is 0 Å². The van der Waals surface area contributed by atoms with Crippen molar-refractivity contribution in [2.24, 2.45) is 5.92 Å². The van der Waals surface area contributed by atoms with Crippen molar-refractivity contribution >= 4 is 27.6 Å². The summed E-state index contributed by atoms with van der Waals surface area (Å²) in [4.78, 5) is 20.9. The van der Waals surface area contributed by atoms with Gasteiger partial charge in [0.25, 0.3) is 0 Å². The zero-order valence-corrected chi connectivity index (χ0v) is 10.9. The molecule has 3 aromatic rings. The van der Waals surface area contributed by atoms with Crippen molar-refractivity contribution < 1.29 is 4.79 Å². The third-order valence-corrected chi connectivity index (χ3v) is 3.21. The minimum atomic E-state index is -0.0483. The normalized spacial score (nSPS) is 11.3. The molecule has 0 atom stereocenters. The summed E-state index contributed by atoms with van der Waals surface area (Å²) in [5.74, 6) is 0.0164. The maximum absolute atomic E-state index is 12.0. The number of hydrogen-bond donors (Lipinski definition) is 0. The van der Waals surface area contributed by atoms with Crippen LogP contribution in [0.1, 0.15) is 24.3 Å². The number of rotatable bonds is 2. The molecule has 0 saturated carbocycles. The summed E-state index contributed by atoms with van der Waals surface area (Å²) in [7, 11) is 0. The van der Waals surface area contributed by atoms with E-state index >= 15 is 0 Å². The highest BCUT2D eigenvalue weighted by Crippen LogP contribution is 2.22. The zero-order valence-electron chi connectivity index (χ0n) is 10.9. The Morgan fingerprint density at radius 3 is 2.42 bits per heavy atom. The third-order valence-electron chi connectivity index (χ3n) is 3.21. The predicted octanol–water partition coefficient (Wildman–Crippen LogP) is 3.62. The first kappa shape index (κ1) is 11.8. The number of carbonyl (C=O) groups is 1. The number of hydrogen-bond acceptors (Lipinski definition) is 3. The standard InChI is InChI=1S/C16H14N2O/c1-10(2)16(19)13-8-7-12-6-5-11-4-3-9-17-14(11)15(12)18-13/h3-10H,1-2H3. The van der Waals surface area contributed by atoms with Crippen molar-refractivity contribution in [3.05, 3.63) is 48.3 Å². The van der Waals surface area contributed by atoms with Gasteiger partial charge >= 0.3 is 0 Å². The Morgan fingerprint density at radius 2 is 1.68 bits per heavy atom. The summed E-state index contributed by atoms with van der Waals surface area (Å²) in [6, 6.07) is 11.7. The molecule has 19 heavy (non-hydrogen) atoms. The van der Waals surface area contributed by atoms with Crippen LogP contribution in [0.5, 0.6) is 0 Å². The quantitative estimate of drug-likeness (QED) is 0.515. The molecule has 3 rings (SSSR count). The van der Waals surface area contributed by atoms with Gasteiger partial charge in [0.1, 0.15) is 5.69 Å². The van der Waals surface area contributed by atoms with Gasteiger partial charge in [-0.05, 0) is 12.1 Å². The van der Waals surface area contributed by atoms with Crippen LogP contribution in [0.3, 0.4) is 0 Å². The Kier molecular flexibility index (Phi) is 2.75. The Hall–Kier alpha value is -2.29. The van der Waals surface area contributed by atoms with Crippen molar-refractivity contribution in [1.29, 1.82) is 0 Å². The van der Waals surface area contributed by atoms with Crippen LogP contribution >= 0.6 is 0 Å². The summed E-state index contributed by atoms with van der Waals surface area (Å²) in [6.07, 6.45) is 1.75. The molecule has 2 aromatic heterocycles. The molecular formula is C16H14N2O. The molecule has 0 aliphatic heterocycles. The molecule has 0 bridgehead atoms. The van der Waals surface area contributed by atoms with Gasteiger partial charge in [0.05, 0.1) is 11.0 Å². The van der Waals surface area contributed by atoms with Gasteiger partial charge in [-0.25, -0.2) is 4.98 Å². The Morgan fingerprint density at radius 1 is 1.00 bits per heavy atom. The number of pyridine rings is 2. The molecule has 94 valence electrons. The molecule has 0 N–H and O–H groups in total. The number of ketones is 1. The lowest BCUT2D eigenvalue weighted by Gasteiger charge is -2.06. The first-order chi connectivity index (χ1) is 9.16. The van der Waals surface area contributed by atoms with E-state index in [1.54, 1.807) is 12.3 Å². The topological polar surface area (TPSA) is 42.9 Å². The Balaban J connectivity index is 2.31. The number of Topliss-reactive ketones (excluding diaryl/α,β-unsaturated/α-hetero) is 1. The molecule has 0 radical (unpaired) electrons. The summed E-state index contributed by atoms with van der Waals surface area (Å²) < 4.78 is 0. The second-order valence-corrected chi connectivity index (χ2v) is 4.93. The summed E-state index contributed by atoms with van der Waals surface area (Å²) >= 11 is 0. The van der Waals surface area contributed by atoms with E-state index < -0.39 is 0 Å². The molecule has 0 aliphatic carbocycles. The Labute approximate surface area is 111 Å². The van der Waals surface area contributed by atoms with Crippen molar-refractivity contribution in [2.75, 3.05) is 0 Å². The van der Waals surface area contributed by atoms with E-state index in [2.05, 4.69) is 9.97 Å². The number of nitrogens with zero attached hydrogens (tertiary/aromatic N) is 2. The molecule has 3 heteroatoms. The third kappa shape index (κ3) is 1.97. The molecule has 0 unspecified atom stereocenters. The van der Waals surface area contributed by atoms with Gasteiger partial charge in [-0.3, -0.25) is 9.78 Å². The smallest absolute Gasteiger partial charge is 0.183 e. The lowest BCUT2D eigenvalue weighted by molar-refractivity contribution is 0.0935. The number of aromatic nitrogens is 2. The highest BCUT2D eigenvalue weighted by molar-refractivity contribution is 6.05. The minimum absolute atomic E-state index is 0.0483. The lowest BCUT2D eigenvalue weighted by atomic mass is 10.0. The molecule has 0 aliphatic rings. The van der Waals surface area contributed by atoms with Crippen molar-refractivity contribution in [3.8, 4) is 0 Å². The number of carbonyl (C=O) groups excluding carboxylic acids is 1. The largest absolute Gasteiger partial charge is 0.292 e. The van der Waals surface area contributed by atoms with Crippen LogP contribution in [0, 0.1) is 5.92 Å². The van der Waals surface area contributed by atoms with Crippen molar-refractivity contribution in [3.63, 3.8) is 0 Å². The summed E-state index contributed by atoms with van der Waals surface area (Å²) in [5.41, 5.74) is 2.16. The zero-order chi connectivity index (χ0) is 13.4. The van der Waals surface area contributed by atoms with Crippen LogP contribution in [0.25, 0.3) is 21.8 Å². The predicted molar refractivity (Wildman–Crippen MR) is 76.2 cm³/mol. The van der Waals surface area contributed by atoms with Crippen LogP contribution < -0.4 is 0 Å². The van der Waals surface area contributed by atoms with Gasteiger partial charge < -0.3 is 0 Å². The van der Waals surface area contributed by atoms with Crippen LogP contribution in [0.15, 0.2) is 42.6 Å². The summed E-state index contributed by atoms with van der Waals surface area (Å²) in [5, 5.41) is 2.04. The fourth-order valence-corrected chi connectivity index (χ4v) is 2.16. The molecule has 0 spiro atoms. The highest BCUT2D eigenvalue weighted by atomic mass is 16.1. The molecular weight excluding hydrogens is 236 g/mol. The van der Waals surface area contributed by atoms with Gasteiger partial charge in [-0.15, -0.1) is 0 Å². The first-order valence-corrected chi connectivity index (χ1v) is 6.35. The van der Waals surface area contributed by atoms with Gasteiger partial charge in [0.15, 0.2) is 5.78 Å². The van der Waals surface area contributed by atoms with Crippen LogP contribution in [0.2, 0.25) is 0 Å². The molecule has 1 aromatic carbocycles. The average molecular weight is 250 g/mol. The first-order valence-electron chi connectivity index (χ1n) is 6.35. The Bertz CT molecular complexity index is 778. The van der Waals surface area contributed by atoms with Crippen LogP contribution in [-0.4, -0.2) is 15.8 Å². The van der Waals surface area contributed by atoms with Gasteiger partial charge in [-0.2, -0.15) is 0 Å². The van der Waals surface area contributed by atoms with E-state index in [9.17, 15) is 4.79 Å². The van der Waals surface area contributed by atoms with Crippen LogP contribution in [0.4, 0.5) is 0 Å². The average Bonchev–Trinajstić information content (AvgIpc) is 2.45. The number of benzene rings is 1. The maximum Gasteiger partial charge on any atom is 0.183 e. The molecule has 0 saturated heterocycles. The van der Waals surface area contributed by atoms with Gasteiger partial charge in [-0.1, -0.05) is 38.1 Å². The van der Waals surface area contributed by atoms with Gasteiger partial charge in [0, 0.05) is 22.9 Å². The molecule has 2 heterocycles. The lowest BCUT2D eigenvalue weighted by Crippen LogP contribution is -2.09. The van der Waals surface area contributed by atoms with E-state index in [0.29, 0.717) is 5.69 Å². The number of fused-ring (bicyclic) bond motifs is 3. The fraction of sp³-hybridized carbons (Fsp3) is 0.188. The van der Waals surface area contributed by atoms with E-state index in [1.807, 2.05) is 44.2 Å². The summed E-state index contributed by atoms with van der Waals surface area (Å²) in [6.45, 7) is 3.77. The SMILES string of the molecule is CC(C)C(=O)c1ccc2ccc3cccnc3c2n1. The minimum Gasteiger partial charge on any atom is -0.292 e. The molecule has 3 nitrogen and oxygen atoms in total. The van der Waals surface area contributed by atoms with Crippen molar-refractivity contribution in [1.82, 2.24) is 9.97 Å². The van der Waals surface area contributed by atoms with Crippen molar-refractivity contribution in [2.45, 2.75) is 13.8 Å². The second kappa shape index (κ2) is 4.43. The molecule has 0 amide bonds. The van der Waals surface area contributed by atoms with E-state index in [4.69, 9.17) is 0 Å². The fourth-order valence-electron chi connectivity index (χ4n) is 2.16.